The number of aryl methyl sites for hydroxylation is 1. The van der Waals surface area contributed by atoms with Gasteiger partial charge in [-0.3, -0.25) is 9.36 Å². The van der Waals surface area contributed by atoms with Gasteiger partial charge in [0.15, 0.2) is 0 Å². The molecule has 1 aromatic heterocycles. The van der Waals surface area contributed by atoms with Gasteiger partial charge in [0.05, 0.1) is 5.69 Å². The highest BCUT2D eigenvalue weighted by Gasteiger charge is 2.20. The van der Waals surface area contributed by atoms with Gasteiger partial charge < -0.3 is 10.1 Å². The van der Waals surface area contributed by atoms with E-state index in [0.717, 1.165) is 28.8 Å². The molecule has 0 atom stereocenters. The van der Waals surface area contributed by atoms with Crippen molar-refractivity contribution < 1.29 is 27.1 Å². The second-order valence-electron chi connectivity index (χ2n) is 8.08. The molecule has 3 aromatic rings. The zero-order valence-corrected chi connectivity index (χ0v) is 17.6. The van der Waals surface area contributed by atoms with Gasteiger partial charge in [-0.05, 0) is 51.5 Å². The first kappa shape index (κ1) is 23.2. The lowest BCUT2D eigenvalue weighted by Crippen LogP contribution is -2.33. The van der Waals surface area contributed by atoms with Gasteiger partial charge in [-0.15, -0.1) is 0 Å². The number of hydrogen-bond acceptors (Lipinski definition) is 4. The fraction of sp³-hybridized carbons (Fsp3) is 0.318. The van der Waals surface area contributed by atoms with Gasteiger partial charge >= 0.3 is 6.09 Å². The summed E-state index contributed by atoms with van der Waals surface area (Å²) in [6, 6.07) is 4.01. The Labute approximate surface area is 180 Å². The Morgan fingerprint density at radius 3 is 2.31 bits per heavy atom. The molecule has 170 valence electrons. The Morgan fingerprint density at radius 2 is 1.69 bits per heavy atom. The second kappa shape index (κ2) is 8.97. The average molecular weight is 451 g/mol. The van der Waals surface area contributed by atoms with E-state index in [4.69, 9.17) is 4.74 Å². The summed E-state index contributed by atoms with van der Waals surface area (Å²) in [5.41, 5.74) is -2.40. The van der Waals surface area contributed by atoms with E-state index in [9.17, 15) is 27.2 Å². The van der Waals surface area contributed by atoms with Crippen molar-refractivity contribution in [2.45, 2.75) is 39.2 Å². The summed E-state index contributed by atoms with van der Waals surface area (Å²) in [6.07, 6.45) is -0.414. The molecule has 0 saturated carbocycles. The minimum atomic E-state index is -1.01. The first-order valence-electron chi connectivity index (χ1n) is 9.79. The lowest BCUT2D eigenvalue weighted by molar-refractivity contribution is 0.0527. The molecule has 10 heteroatoms. The number of aromatic nitrogens is 2. The number of fused-ring (bicyclic) bond motifs is 1. The van der Waals surface area contributed by atoms with Crippen LogP contribution in [-0.2, 0) is 11.2 Å². The average Bonchev–Trinajstić information content (AvgIpc) is 2.65. The van der Waals surface area contributed by atoms with Crippen molar-refractivity contribution in [1.82, 2.24) is 14.9 Å². The standard InChI is InChI=1S/C22H21F4N3O3/c1-22(2,3)32-21(31)27-8-4-5-17-28-19-16(26)7-6-15(25)18(19)20(30)29(17)14-10-12(23)9-13(24)11-14/h6-7,9-11H,4-5,8H2,1-3H3,(H,27,31). The largest absolute Gasteiger partial charge is 0.444 e. The molecule has 0 unspecified atom stereocenters. The Balaban J connectivity index is 2.00. The second-order valence-corrected chi connectivity index (χ2v) is 8.08. The molecule has 0 aliphatic rings. The molecule has 1 N–H and O–H groups in total. The van der Waals surface area contributed by atoms with Crippen LogP contribution in [0.25, 0.3) is 16.6 Å². The van der Waals surface area contributed by atoms with Gasteiger partial charge in [0.1, 0.15) is 45.6 Å². The smallest absolute Gasteiger partial charge is 0.407 e. The summed E-state index contributed by atoms with van der Waals surface area (Å²) in [4.78, 5) is 28.9. The number of alkyl carbamates (subject to hydrolysis) is 1. The zero-order chi connectivity index (χ0) is 23.6. The summed E-state index contributed by atoms with van der Waals surface area (Å²) >= 11 is 0. The molecule has 0 fully saturated rings. The van der Waals surface area contributed by atoms with Gasteiger partial charge in [-0.1, -0.05) is 0 Å². The van der Waals surface area contributed by atoms with Gasteiger partial charge in [0.2, 0.25) is 0 Å². The lowest BCUT2D eigenvalue weighted by Gasteiger charge is -2.19. The normalized spacial score (nSPS) is 11.6. The summed E-state index contributed by atoms with van der Waals surface area (Å²) in [5, 5.41) is 1.89. The molecule has 6 nitrogen and oxygen atoms in total. The van der Waals surface area contributed by atoms with Crippen molar-refractivity contribution in [3.8, 4) is 5.69 Å². The fourth-order valence-corrected chi connectivity index (χ4v) is 3.12. The predicted octanol–water partition coefficient (Wildman–Crippen LogP) is 4.40. The number of amides is 1. The third-order valence-electron chi connectivity index (χ3n) is 4.34. The third kappa shape index (κ3) is 5.24. The van der Waals surface area contributed by atoms with E-state index in [0.29, 0.717) is 6.07 Å². The van der Waals surface area contributed by atoms with Gasteiger partial charge in [0, 0.05) is 19.0 Å². The molecule has 0 radical (unpaired) electrons. The van der Waals surface area contributed by atoms with Crippen LogP contribution in [0.5, 0.6) is 0 Å². The van der Waals surface area contributed by atoms with E-state index < -0.39 is 51.4 Å². The lowest BCUT2D eigenvalue weighted by atomic mass is 10.2. The van der Waals surface area contributed by atoms with E-state index in [-0.39, 0.29) is 30.9 Å². The molecule has 1 amide bonds. The minimum Gasteiger partial charge on any atom is -0.444 e. The van der Waals surface area contributed by atoms with E-state index >= 15 is 0 Å². The van der Waals surface area contributed by atoms with Crippen LogP contribution in [0.3, 0.4) is 0 Å². The summed E-state index contributed by atoms with van der Waals surface area (Å²) in [7, 11) is 0. The maximum absolute atomic E-state index is 14.3. The van der Waals surface area contributed by atoms with Crippen molar-refractivity contribution in [3.63, 3.8) is 0 Å². The molecule has 0 aliphatic carbocycles. The maximum Gasteiger partial charge on any atom is 0.407 e. The van der Waals surface area contributed by atoms with Crippen molar-refractivity contribution in [2.75, 3.05) is 6.54 Å². The molecule has 2 aromatic carbocycles. The zero-order valence-electron chi connectivity index (χ0n) is 17.6. The number of carbonyl (C=O) groups excluding carboxylic acids is 1. The first-order valence-corrected chi connectivity index (χ1v) is 9.79. The number of nitrogens with one attached hydrogen (secondary N) is 1. The van der Waals surface area contributed by atoms with Crippen LogP contribution in [0.1, 0.15) is 33.0 Å². The van der Waals surface area contributed by atoms with Crippen LogP contribution in [0.15, 0.2) is 35.1 Å². The third-order valence-corrected chi connectivity index (χ3v) is 4.34. The van der Waals surface area contributed by atoms with Crippen molar-refractivity contribution in [2.24, 2.45) is 0 Å². The monoisotopic (exact) mass is 451 g/mol. The number of halogens is 4. The quantitative estimate of drug-likeness (QED) is 0.461. The van der Waals surface area contributed by atoms with Crippen molar-refractivity contribution >= 4 is 17.0 Å². The molecule has 32 heavy (non-hydrogen) atoms. The Bertz CT molecular complexity index is 1220. The van der Waals surface area contributed by atoms with Crippen LogP contribution < -0.4 is 10.9 Å². The summed E-state index contributed by atoms with van der Waals surface area (Å²) in [5.74, 6) is -3.89. The molecular formula is C22H21F4N3O3. The van der Waals surface area contributed by atoms with Crippen LogP contribution >= 0.6 is 0 Å². The highest BCUT2D eigenvalue weighted by molar-refractivity contribution is 5.79. The predicted molar refractivity (Wildman–Crippen MR) is 110 cm³/mol. The van der Waals surface area contributed by atoms with Gasteiger partial charge in [0.25, 0.3) is 5.56 Å². The molecular weight excluding hydrogens is 430 g/mol. The number of benzene rings is 2. The highest BCUT2D eigenvalue weighted by atomic mass is 19.1. The summed E-state index contributed by atoms with van der Waals surface area (Å²) in [6.45, 7) is 5.23. The number of hydrogen-bond donors (Lipinski definition) is 1. The fourth-order valence-electron chi connectivity index (χ4n) is 3.12. The van der Waals surface area contributed by atoms with E-state index in [1.54, 1.807) is 20.8 Å². The van der Waals surface area contributed by atoms with Gasteiger partial charge in [-0.25, -0.2) is 27.3 Å². The number of nitrogens with zero attached hydrogens (tertiary/aromatic N) is 2. The molecule has 3 rings (SSSR count). The highest BCUT2D eigenvalue weighted by Crippen LogP contribution is 2.20. The molecule has 0 saturated heterocycles. The minimum absolute atomic E-state index is 0.00899. The Morgan fingerprint density at radius 1 is 1.06 bits per heavy atom. The van der Waals surface area contributed by atoms with Crippen LogP contribution in [0.4, 0.5) is 22.4 Å². The molecule has 1 heterocycles. The van der Waals surface area contributed by atoms with Crippen LogP contribution in [-0.4, -0.2) is 27.8 Å². The van der Waals surface area contributed by atoms with Gasteiger partial charge in [-0.2, -0.15) is 0 Å². The van der Waals surface area contributed by atoms with Crippen molar-refractivity contribution in [1.29, 1.82) is 0 Å². The molecule has 0 aliphatic heterocycles. The van der Waals surface area contributed by atoms with E-state index in [1.807, 2.05) is 0 Å². The SMILES string of the molecule is CC(C)(C)OC(=O)NCCCc1nc2c(F)ccc(F)c2c(=O)n1-c1cc(F)cc(F)c1. The van der Waals surface area contributed by atoms with Crippen molar-refractivity contribution in [3.05, 3.63) is 69.8 Å². The summed E-state index contributed by atoms with van der Waals surface area (Å²) < 4.78 is 62.1. The number of ether oxygens (including phenoxy) is 1. The van der Waals surface area contributed by atoms with E-state index in [1.165, 1.54) is 0 Å². The van der Waals surface area contributed by atoms with Crippen LogP contribution in [0.2, 0.25) is 0 Å². The van der Waals surface area contributed by atoms with Crippen LogP contribution in [0, 0.1) is 23.3 Å². The number of carbonyl (C=O) groups is 1. The molecule has 0 bridgehead atoms. The Kier molecular flexibility index (Phi) is 6.52. The first-order chi connectivity index (χ1) is 15.0. The molecule has 0 spiro atoms. The Hall–Kier alpha value is -3.43. The topological polar surface area (TPSA) is 73.2 Å². The number of rotatable bonds is 5. The maximum atomic E-state index is 14.3. The van der Waals surface area contributed by atoms with E-state index in [2.05, 4.69) is 10.3 Å².